The van der Waals surface area contributed by atoms with Crippen LogP contribution in [0.4, 0.5) is 0 Å². The maximum Gasteiger partial charge on any atom is -0.00139 e. The first kappa shape index (κ1) is 37.9. The second-order valence-corrected chi connectivity index (χ2v) is 17.4. The van der Waals surface area contributed by atoms with Crippen molar-refractivity contribution in [3.63, 3.8) is 0 Å². The number of hydrogen-bond acceptors (Lipinski definition) is 0. The van der Waals surface area contributed by atoms with Crippen molar-refractivity contribution < 1.29 is 0 Å². The van der Waals surface area contributed by atoms with Gasteiger partial charge < -0.3 is 0 Å². The van der Waals surface area contributed by atoms with E-state index in [1.807, 2.05) is 0 Å². The average Bonchev–Trinajstić information content (AvgIpc) is 3.39. The van der Waals surface area contributed by atoms with E-state index in [-0.39, 0.29) is 0 Å². The van der Waals surface area contributed by atoms with E-state index in [1.54, 1.807) is 0 Å². The first-order valence-electron chi connectivity index (χ1n) is 22.9. The molecule has 0 nitrogen and oxygen atoms in total. The maximum atomic E-state index is 2.40. The van der Waals surface area contributed by atoms with Crippen molar-refractivity contribution >= 4 is 64.6 Å². The lowest BCUT2D eigenvalue weighted by atomic mass is 9.81. The lowest BCUT2D eigenvalue weighted by Gasteiger charge is -2.22. The Morgan fingerprint density at radius 3 is 0.652 bits per heavy atom. The normalized spacial score (nSPS) is 11.6. The zero-order valence-corrected chi connectivity index (χ0v) is 36.2. The van der Waals surface area contributed by atoms with Crippen LogP contribution < -0.4 is 0 Å². The Bertz CT molecular complexity index is 3880. The summed E-state index contributed by atoms with van der Waals surface area (Å²) in [6.45, 7) is 0. The van der Waals surface area contributed by atoms with Gasteiger partial charge in [0.15, 0.2) is 0 Å². The summed E-state index contributed by atoms with van der Waals surface area (Å²) in [5, 5.41) is 15.0. The summed E-state index contributed by atoms with van der Waals surface area (Å²) in [7, 11) is 0. The minimum absolute atomic E-state index is 1.20. The molecule has 0 fully saturated rings. The van der Waals surface area contributed by atoms with Gasteiger partial charge in [-0.05, 0) is 137 Å². The Hall–Kier alpha value is -8.58. The lowest BCUT2D eigenvalue weighted by molar-refractivity contribution is 1.62. The predicted molar refractivity (Wildman–Crippen MR) is 284 cm³/mol. The molecule has 0 N–H and O–H groups in total. The van der Waals surface area contributed by atoms with Crippen LogP contribution in [0.1, 0.15) is 0 Å². The number of hydrogen-bond donors (Lipinski definition) is 0. The molecule has 0 saturated carbocycles. The lowest BCUT2D eigenvalue weighted by Crippen LogP contribution is -1.95. The molecule has 0 aliphatic rings. The van der Waals surface area contributed by atoms with Crippen molar-refractivity contribution in [1.29, 1.82) is 0 Å². The molecule has 0 aromatic heterocycles. The summed E-state index contributed by atoms with van der Waals surface area (Å²) in [6.07, 6.45) is 0. The van der Waals surface area contributed by atoms with Gasteiger partial charge in [0.25, 0.3) is 0 Å². The van der Waals surface area contributed by atoms with Crippen LogP contribution in [-0.4, -0.2) is 0 Å². The molecule has 0 saturated heterocycles. The van der Waals surface area contributed by atoms with Crippen LogP contribution in [0.3, 0.4) is 0 Å². The number of fused-ring (bicyclic) bond motifs is 6. The van der Waals surface area contributed by atoms with E-state index in [0.717, 1.165) is 0 Å². The van der Waals surface area contributed by atoms with E-state index in [1.165, 1.54) is 131 Å². The minimum Gasteiger partial charge on any atom is -0.0622 e. The Morgan fingerprint density at radius 1 is 0.121 bits per heavy atom. The van der Waals surface area contributed by atoms with Crippen LogP contribution in [0.25, 0.3) is 131 Å². The Balaban J connectivity index is 1.04. The van der Waals surface area contributed by atoms with Crippen molar-refractivity contribution in [3.05, 3.63) is 255 Å². The number of benzene rings is 13. The average molecular weight is 835 g/mol. The van der Waals surface area contributed by atoms with Gasteiger partial charge in [-0.3, -0.25) is 0 Å². The van der Waals surface area contributed by atoms with Crippen LogP contribution in [-0.2, 0) is 0 Å². The highest BCUT2D eigenvalue weighted by Crippen LogP contribution is 2.51. The van der Waals surface area contributed by atoms with Crippen LogP contribution >= 0.6 is 0 Å². The fraction of sp³-hybridized carbons (Fsp3) is 0. The van der Waals surface area contributed by atoms with Crippen LogP contribution in [0.15, 0.2) is 255 Å². The molecule has 13 rings (SSSR count). The first-order valence-corrected chi connectivity index (χ1v) is 22.9. The van der Waals surface area contributed by atoms with E-state index >= 15 is 0 Å². The topological polar surface area (TPSA) is 0 Å². The molecular weight excluding hydrogens is 793 g/mol. The zero-order chi connectivity index (χ0) is 43.6. The highest BCUT2D eigenvalue weighted by Gasteiger charge is 2.23. The van der Waals surface area contributed by atoms with Crippen molar-refractivity contribution in [2.24, 2.45) is 0 Å². The summed E-state index contributed by atoms with van der Waals surface area (Å²) in [5.41, 5.74) is 14.9. The van der Waals surface area contributed by atoms with Gasteiger partial charge in [0.1, 0.15) is 0 Å². The third-order valence-electron chi connectivity index (χ3n) is 13.8. The largest absolute Gasteiger partial charge is 0.0622 e. The molecule has 0 radical (unpaired) electrons. The third kappa shape index (κ3) is 6.00. The van der Waals surface area contributed by atoms with Gasteiger partial charge in [0, 0.05) is 0 Å². The molecular formula is C66H42. The van der Waals surface area contributed by atoms with Gasteiger partial charge in [0.2, 0.25) is 0 Å². The van der Waals surface area contributed by atoms with Gasteiger partial charge >= 0.3 is 0 Å². The van der Waals surface area contributed by atoms with Crippen molar-refractivity contribution in [3.8, 4) is 66.8 Å². The van der Waals surface area contributed by atoms with E-state index in [2.05, 4.69) is 255 Å². The van der Waals surface area contributed by atoms with E-state index in [0.29, 0.717) is 0 Å². The fourth-order valence-corrected chi connectivity index (χ4v) is 11.0. The Labute approximate surface area is 384 Å². The Morgan fingerprint density at radius 2 is 0.333 bits per heavy atom. The third-order valence-corrected chi connectivity index (χ3v) is 13.8. The molecule has 0 heterocycles. The van der Waals surface area contributed by atoms with Crippen molar-refractivity contribution in [2.45, 2.75) is 0 Å². The summed E-state index contributed by atoms with van der Waals surface area (Å²) >= 11 is 0. The standard InChI is InChI=1S/C66H42/c1-4-20-43(21-5-1)48-40-41-59-60(42-48)64(45-24-8-3-9-25-45)50-27-11-10-26-49(50)63(59)47-38-36-46(37-39-47)62-53-30-14-18-34-57(53)66(58-35-19-15-31-54(58)62)65-55-32-16-12-28-51(55)61(44-22-6-2-7-23-44)52-29-13-17-33-56(52)65/h1-42H. The predicted octanol–water partition coefficient (Wildman–Crippen LogP) is 18.6. The highest BCUT2D eigenvalue weighted by molar-refractivity contribution is 6.30. The molecule has 0 atom stereocenters. The van der Waals surface area contributed by atoms with Gasteiger partial charge in [0.05, 0.1) is 0 Å². The molecule has 66 heavy (non-hydrogen) atoms. The number of rotatable bonds is 6. The first-order chi connectivity index (χ1) is 32.8. The smallest absolute Gasteiger partial charge is 0.00139 e. The molecule has 306 valence electrons. The summed E-state index contributed by atoms with van der Waals surface area (Å²) in [4.78, 5) is 0. The van der Waals surface area contributed by atoms with E-state index in [4.69, 9.17) is 0 Å². The second-order valence-electron chi connectivity index (χ2n) is 17.4. The van der Waals surface area contributed by atoms with Crippen LogP contribution in [0, 0.1) is 0 Å². The molecule has 0 aliphatic heterocycles. The molecule has 13 aromatic rings. The molecule has 0 amide bonds. The van der Waals surface area contributed by atoms with Crippen LogP contribution in [0.5, 0.6) is 0 Å². The van der Waals surface area contributed by atoms with Gasteiger partial charge in [-0.25, -0.2) is 0 Å². The summed E-state index contributed by atoms with van der Waals surface area (Å²) in [6, 6.07) is 94.0. The summed E-state index contributed by atoms with van der Waals surface area (Å²) in [5.74, 6) is 0. The molecule has 0 aliphatic carbocycles. The molecule has 13 aromatic carbocycles. The monoisotopic (exact) mass is 834 g/mol. The highest BCUT2D eigenvalue weighted by atomic mass is 14.3. The Kier molecular flexibility index (Phi) is 8.96. The van der Waals surface area contributed by atoms with E-state index < -0.39 is 0 Å². The molecule has 0 heteroatoms. The van der Waals surface area contributed by atoms with Crippen LogP contribution in [0.2, 0.25) is 0 Å². The second kappa shape index (κ2) is 15.6. The SMILES string of the molecule is c1ccc(-c2ccc3c(-c4ccc(-c5c6ccccc6c(-c6c7ccccc7c(-c7ccccc7)c7ccccc67)c6ccccc56)cc4)c4ccccc4c(-c4ccccc4)c3c2)cc1. The molecule has 0 bridgehead atoms. The summed E-state index contributed by atoms with van der Waals surface area (Å²) < 4.78 is 0. The van der Waals surface area contributed by atoms with Gasteiger partial charge in [-0.1, -0.05) is 249 Å². The van der Waals surface area contributed by atoms with Gasteiger partial charge in [-0.15, -0.1) is 0 Å². The minimum atomic E-state index is 1.20. The quantitative estimate of drug-likeness (QED) is 0.146. The molecule has 0 spiro atoms. The van der Waals surface area contributed by atoms with Crippen molar-refractivity contribution in [2.75, 3.05) is 0 Å². The van der Waals surface area contributed by atoms with Gasteiger partial charge in [-0.2, -0.15) is 0 Å². The molecule has 0 unspecified atom stereocenters. The maximum absolute atomic E-state index is 2.40. The zero-order valence-electron chi connectivity index (χ0n) is 36.2. The fourth-order valence-electron chi connectivity index (χ4n) is 11.0. The van der Waals surface area contributed by atoms with Crippen molar-refractivity contribution in [1.82, 2.24) is 0 Å². The van der Waals surface area contributed by atoms with E-state index in [9.17, 15) is 0 Å².